The number of azide groups is 2. The maximum absolute atomic E-state index is 14.7. The number of carbonyl (C=O) groups excluding carboxylic acids is 1. The summed E-state index contributed by atoms with van der Waals surface area (Å²) in [5, 5.41) is 16.7. The molecule has 13 nitrogen and oxygen atoms in total. The highest BCUT2D eigenvalue weighted by atomic mass is 32.2. The van der Waals surface area contributed by atoms with E-state index in [0.29, 0.717) is 53.5 Å². The molecule has 52 heavy (non-hydrogen) atoms. The zero-order valence-corrected chi connectivity index (χ0v) is 29.1. The minimum atomic E-state index is -1.58. The highest BCUT2D eigenvalue weighted by molar-refractivity contribution is 7.98. The van der Waals surface area contributed by atoms with Crippen molar-refractivity contribution >= 4 is 23.6 Å². The number of aliphatic imine (C=N–C) groups is 1. The Morgan fingerprint density at radius 2 is 1.62 bits per heavy atom. The van der Waals surface area contributed by atoms with Crippen LogP contribution in [-0.2, 0) is 34.8 Å². The second kappa shape index (κ2) is 19.2. The van der Waals surface area contributed by atoms with Gasteiger partial charge in [-0.25, -0.2) is 14.8 Å². The van der Waals surface area contributed by atoms with Crippen LogP contribution in [0, 0.1) is 5.82 Å². The molecule has 15 heteroatoms. The predicted octanol–water partition coefficient (Wildman–Crippen LogP) is 7.26. The molecule has 0 spiro atoms. The van der Waals surface area contributed by atoms with Crippen molar-refractivity contribution in [2.45, 2.75) is 43.3 Å². The Hall–Kier alpha value is -5.56. The van der Waals surface area contributed by atoms with E-state index < -0.39 is 17.6 Å². The van der Waals surface area contributed by atoms with Crippen LogP contribution in [0.2, 0.25) is 0 Å². The van der Waals surface area contributed by atoms with Crippen molar-refractivity contribution < 1.29 is 23.8 Å². The molecule has 2 atom stereocenters. The lowest BCUT2D eigenvalue weighted by Gasteiger charge is -2.32. The van der Waals surface area contributed by atoms with E-state index in [1.165, 1.54) is 12.1 Å². The van der Waals surface area contributed by atoms with Gasteiger partial charge in [0.25, 0.3) is 5.91 Å². The fourth-order valence-corrected chi connectivity index (χ4v) is 6.55. The number of rotatable bonds is 19. The molecule has 0 aromatic heterocycles. The van der Waals surface area contributed by atoms with E-state index in [9.17, 15) is 9.18 Å². The fourth-order valence-electron chi connectivity index (χ4n) is 5.73. The molecular formula is C37H38FN9O4S. The number of aliphatic hydroxyl groups excluding tert-OH is 1. The van der Waals surface area contributed by atoms with Gasteiger partial charge in [0.15, 0.2) is 11.6 Å². The third-order valence-corrected chi connectivity index (χ3v) is 9.34. The van der Waals surface area contributed by atoms with Gasteiger partial charge in [-0.1, -0.05) is 70.9 Å². The Balaban J connectivity index is 1.50. The highest BCUT2D eigenvalue weighted by Gasteiger charge is 2.54. The molecule has 1 heterocycles. The molecule has 0 unspecified atom stereocenters. The smallest absolute Gasteiger partial charge is 0.266 e. The van der Waals surface area contributed by atoms with E-state index in [4.69, 9.17) is 30.6 Å². The van der Waals surface area contributed by atoms with E-state index in [0.717, 1.165) is 16.7 Å². The average molecular weight is 724 g/mol. The number of amides is 1. The molecule has 0 radical (unpaired) electrons. The maximum Gasteiger partial charge on any atom is 0.266 e. The van der Waals surface area contributed by atoms with Crippen LogP contribution in [0.25, 0.3) is 20.9 Å². The van der Waals surface area contributed by atoms with Crippen LogP contribution in [0.1, 0.15) is 45.9 Å². The maximum atomic E-state index is 14.7. The third kappa shape index (κ3) is 9.81. The molecule has 3 N–H and O–H groups in total. The van der Waals surface area contributed by atoms with Gasteiger partial charge < -0.3 is 14.6 Å². The Morgan fingerprint density at radius 1 is 0.942 bits per heavy atom. The van der Waals surface area contributed by atoms with Crippen molar-refractivity contribution in [3.05, 3.63) is 157 Å². The van der Waals surface area contributed by atoms with Gasteiger partial charge in [0, 0.05) is 52.9 Å². The van der Waals surface area contributed by atoms with Crippen molar-refractivity contribution in [3.63, 3.8) is 0 Å². The van der Waals surface area contributed by atoms with Crippen molar-refractivity contribution in [2.24, 2.45) is 15.2 Å². The number of benzene rings is 4. The van der Waals surface area contributed by atoms with Crippen molar-refractivity contribution in [1.82, 2.24) is 10.9 Å². The molecule has 0 bridgehead atoms. The van der Waals surface area contributed by atoms with E-state index in [1.54, 1.807) is 48.2 Å². The number of thioether (sulfide) groups is 1. The zero-order valence-electron chi connectivity index (χ0n) is 28.3. The molecule has 1 amide bonds. The Labute approximate surface area is 304 Å². The summed E-state index contributed by atoms with van der Waals surface area (Å²) in [6.45, 7) is 0.894. The zero-order chi connectivity index (χ0) is 36.6. The minimum Gasteiger partial charge on any atom is -0.494 e. The molecule has 1 aliphatic rings. The molecule has 268 valence electrons. The molecule has 4 aromatic carbocycles. The SMILES string of the molecule is [N-]=[N+]=NCc1ccccc1C[C@]1(C(=O)NNCCSCc2ccc(F)cc2)N=C(c2ccc(OCCCO)cc2)O[C@H]1c1ccccc1CN=[N+]=[N-]. The Kier molecular flexibility index (Phi) is 13.9. The van der Waals surface area contributed by atoms with Gasteiger partial charge in [-0.05, 0) is 75.3 Å². The third-order valence-electron chi connectivity index (χ3n) is 8.31. The summed E-state index contributed by atoms with van der Waals surface area (Å²) in [7, 11) is 0. The number of carbonyl (C=O) groups is 1. The summed E-state index contributed by atoms with van der Waals surface area (Å²) in [5.74, 6) is 1.41. The van der Waals surface area contributed by atoms with Crippen molar-refractivity contribution in [3.8, 4) is 5.75 Å². The number of halogens is 1. The number of aliphatic hydroxyl groups is 1. The monoisotopic (exact) mass is 723 g/mol. The molecule has 5 rings (SSSR count). The largest absolute Gasteiger partial charge is 0.494 e. The first-order valence-corrected chi connectivity index (χ1v) is 17.7. The van der Waals surface area contributed by atoms with E-state index >= 15 is 0 Å². The average Bonchev–Trinajstić information content (AvgIpc) is 3.56. The van der Waals surface area contributed by atoms with Gasteiger partial charge in [0.2, 0.25) is 5.90 Å². The lowest BCUT2D eigenvalue weighted by molar-refractivity contribution is -0.130. The van der Waals surface area contributed by atoms with Gasteiger partial charge in [-0.15, -0.1) is 0 Å². The van der Waals surface area contributed by atoms with Crippen LogP contribution < -0.4 is 15.6 Å². The number of hydrogen-bond acceptors (Lipinski definition) is 9. The standard InChI is InChI=1S/C37H38FN9O4S/c38-31-14-10-26(11-15-31)25-52-21-18-41-45-36(49)37(22-28-6-1-2-7-29(28)23-42-46-39)34(33-9-4-3-8-30(33)24-43-47-40)51-35(44-37)27-12-16-32(17-13-27)50-20-5-19-48/h1-4,6-17,34,41,48H,5,18-25H2,(H,45,49)/t34-,37-/m0/s1. The molecule has 0 fully saturated rings. The molecule has 0 aliphatic carbocycles. The molecule has 4 aromatic rings. The number of hydrogen-bond donors (Lipinski definition) is 3. The van der Waals surface area contributed by atoms with Gasteiger partial charge >= 0.3 is 0 Å². The van der Waals surface area contributed by atoms with Crippen molar-refractivity contribution in [1.29, 1.82) is 0 Å². The van der Waals surface area contributed by atoms with Gasteiger partial charge in [-0.3, -0.25) is 10.2 Å². The number of hydrazine groups is 1. The first kappa shape index (κ1) is 37.7. The van der Waals surface area contributed by atoms with Crippen molar-refractivity contribution in [2.75, 3.05) is 25.5 Å². The summed E-state index contributed by atoms with van der Waals surface area (Å²) in [6.07, 6.45) is -0.396. The van der Waals surface area contributed by atoms with Gasteiger partial charge in [-0.2, -0.15) is 11.8 Å². The second-order valence-electron chi connectivity index (χ2n) is 11.8. The van der Waals surface area contributed by atoms with E-state index in [1.807, 2.05) is 48.5 Å². The van der Waals surface area contributed by atoms with Gasteiger partial charge in [0.1, 0.15) is 11.6 Å². The molecule has 1 aliphatic heterocycles. The molecular weight excluding hydrogens is 686 g/mol. The summed E-state index contributed by atoms with van der Waals surface area (Å²) in [5.41, 5.74) is 26.9. The minimum absolute atomic E-state index is 0.0189. The van der Waals surface area contributed by atoms with Gasteiger partial charge in [0.05, 0.1) is 19.7 Å². The lowest BCUT2D eigenvalue weighted by Crippen LogP contribution is -2.54. The van der Waals surface area contributed by atoms with Crippen LogP contribution >= 0.6 is 11.8 Å². The normalized spacial score (nSPS) is 16.2. The Bertz CT molecular complexity index is 1930. The van der Waals surface area contributed by atoms with Crippen LogP contribution in [0.15, 0.2) is 112 Å². The molecule has 0 saturated heterocycles. The van der Waals surface area contributed by atoms with Crippen LogP contribution in [0.3, 0.4) is 0 Å². The Morgan fingerprint density at radius 3 is 2.33 bits per heavy atom. The van der Waals surface area contributed by atoms with E-state index in [2.05, 4.69) is 30.9 Å². The second-order valence-corrected chi connectivity index (χ2v) is 12.9. The fraction of sp³-hybridized carbons (Fsp3) is 0.297. The molecule has 0 saturated carbocycles. The number of ether oxygens (including phenoxy) is 2. The lowest BCUT2D eigenvalue weighted by atomic mass is 9.80. The first-order chi connectivity index (χ1) is 25.5. The van der Waals surface area contributed by atoms with Crippen LogP contribution in [-0.4, -0.2) is 48.0 Å². The quantitative estimate of drug-likeness (QED) is 0.0300. The summed E-state index contributed by atoms with van der Waals surface area (Å²) in [6, 6.07) is 28.1. The van der Waals surface area contributed by atoms with Crippen LogP contribution in [0.5, 0.6) is 5.75 Å². The summed E-state index contributed by atoms with van der Waals surface area (Å²) < 4.78 is 25.7. The van der Waals surface area contributed by atoms with E-state index in [-0.39, 0.29) is 37.8 Å². The predicted molar refractivity (Wildman–Crippen MR) is 198 cm³/mol. The summed E-state index contributed by atoms with van der Waals surface area (Å²) >= 11 is 1.63. The van der Waals surface area contributed by atoms with Crippen LogP contribution in [0.4, 0.5) is 4.39 Å². The summed E-state index contributed by atoms with van der Waals surface area (Å²) in [4.78, 5) is 25.6. The first-order valence-electron chi connectivity index (χ1n) is 16.6. The highest BCUT2D eigenvalue weighted by Crippen LogP contribution is 2.44. The number of nitrogens with one attached hydrogen (secondary N) is 2. The number of nitrogens with zero attached hydrogens (tertiary/aromatic N) is 7. The topological polar surface area (TPSA) is 190 Å².